The van der Waals surface area contributed by atoms with Crippen LogP contribution in [0.1, 0.15) is 41.7 Å². The minimum Gasteiger partial charge on any atom is -0.492 e. The van der Waals surface area contributed by atoms with Crippen LogP contribution in [0.15, 0.2) is 47.4 Å². The molecule has 5 rings (SSSR count). The van der Waals surface area contributed by atoms with E-state index in [0.717, 1.165) is 24.5 Å². The SMILES string of the molecule is COc1c(N2CCN(C(=S)NCc3ccccc3)[C@@H](C)C2)c(F)cc2c(=O)c(C(=O)O)cn(C3CC3)c12. The number of rotatable bonds is 6. The fourth-order valence-electron chi connectivity index (χ4n) is 5.06. The van der Waals surface area contributed by atoms with Crippen molar-refractivity contribution in [3.63, 3.8) is 0 Å². The van der Waals surface area contributed by atoms with E-state index in [2.05, 4.69) is 10.2 Å². The summed E-state index contributed by atoms with van der Waals surface area (Å²) < 4.78 is 23.1. The summed E-state index contributed by atoms with van der Waals surface area (Å²) in [7, 11) is 1.45. The maximum absolute atomic E-state index is 15.6. The van der Waals surface area contributed by atoms with Crippen molar-refractivity contribution >= 4 is 39.9 Å². The number of aromatic nitrogens is 1. The second-order valence-electron chi connectivity index (χ2n) is 9.58. The van der Waals surface area contributed by atoms with Gasteiger partial charge in [0.15, 0.2) is 16.7 Å². The van der Waals surface area contributed by atoms with Gasteiger partial charge in [-0.15, -0.1) is 0 Å². The largest absolute Gasteiger partial charge is 0.492 e. The number of carboxylic acids is 1. The number of ether oxygens (including phenoxy) is 1. The van der Waals surface area contributed by atoms with Gasteiger partial charge >= 0.3 is 5.97 Å². The zero-order valence-electron chi connectivity index (χ0n) is 20.7. The monoisotopic (exact) mass is 524 g/mol. The van der Waals surface area contributed by atoms with Crippen molar-refractivity contribution < 1.29 is 19.0 Å². The van der Waals surface area contributed by atoms with Crippen LogP contribution in [0.25, 0.3) is 10.9 Å². The fourth-order valence-corrected chi connectivity index (χ4v) is 5.41. The van der Waals surface area contributed by atoms with Crippen molar-refractivity contribution in [3.8, 4) is 5.75 Å². The average molecular weight is 525 g/mol. The second-order valence-corrected chi connectivity index (χ2v) is 9.97. The zero-order valence-corrected chi connectivity index (χ0v) is 21.6. The smallest absolute Gasteiger partial charge is 0.341 e. The standard InChI is InChI=1S/C27H29FN4O4S/c1-16-14-30(10-11-31(16)27(37)29-13-17-6-4-3-5-7-17)23-21(28)12-19-22(25(23)36-2)32(18-8-9-18)15-20(24(19)33)26(34)35/h3-7,12,15-16,18H,8-11,13-14H2,1-2H3,(H,29,37)(H,34,35)/t16-/m0/s1. The number of fused-ring (bicyclic) bond motifs is 1. The third-order valence-electron chi connectivity index (χ3n) is 7.06. The Morgan fingerprint density at radius 1 is 1.24 bits per heavy atom. The van der Waals surface area contributed by atoms with Crippen LogP contribution >= 0.6 is 12.2 Å². The van der Waals surface area contributed by atoms with Gasteiger partial charge in [0.2, 0.25) is 5.43 Å². The maximum Gasteiger partial charge on any atom is 0.341 e. The molecule has 3 aromatic rings. The lowest BCUT2D eigenvalue weighted by Crippen LogP contribution is -2.56. The summed E-state index contributed by atoms with van der Waals surface area (Å²) >= 11 is 5.65. The van der Waals surface area contributed by atoms with Gasteiger partial charge in [-0.25, -0.2) is 9.18 Å². The third-order valence-corrected chi connectivity index (χ3v) is 7.44. The summed E-state index contributed by atoms with van der Waals surface area (Å²) in [6, 6.07) is 11.2. The minimum atomic E-state index is -1.33. The molecule has 0 amide bonds. The first-order valence-electron chi connectivity index (χ1n) is 12.3. The molecule has 0 unspecified atom stereocenters. The number of aromatic carboxylic acids is 1. The Kier molecular flexibility index (Phi) is 6.76. The molecule has 1 aromatic heterocycles. The summed E-state index contributed by atoms with van der Waals surface area (Å²) in [6.45, 7) is 4.23. The van der Waals surface area contributed by atoms with Crippen LogP contribution < -0.4 is 20.4 Å². The van der Waals surface area contributed by atoms with E-state index in [1.165, 1.54) is 13.3 Å². The van der Waals surface area contributed by atoms with Crippen LogP contribution in [-0.2, 0) is 6.54 Å². The molecule has 2 N–H and O–H groups in total. The number of pyridine rings is 1. The van der Waals surface area contributed by atoms with Crippen molar-refractivity contribution in [2.24, 2.45) is 0 Å². The van der Waals surface area contributed by atoms with Crippen molar-refractivity contribution in [1.82, 2.24) is 14.8 Å². The number of anilines is 1. The Morgan fingerprint density at radius 2 is 1.97 bits per heavy atom. The van der Waals surface area contributed by atoms with Crippen LogP contribution in [0.3, 0.4) is 0 Å². The number of halogens is 1. The normalized spacial score (nSPS) is 17.6. The summed E-state index contributed by atoms with van der Waals surface area (Å²) in [5.41, 5.74) is 0.767. The third kappa shape index (κ3) is 4.73. The average Bonchev–Trinajstić information content (AvgIpc) is 3.73. The molecule has 1 aliphatic heterocycles. The first-order chi connectivity index (χ1) is 17.8. The number of carbonyl (C=O) groups is 1. The van der Waals surface area contributed by atoms with E-state index >= 15 is 4.39 Å². The summed E-state index contributed by atoms with van der Waals surface area (Å²) in [6.07, 6.45) is 3.08. The van der Waals surface area contributed by atoms with E-state index in [1.807, 2.05) is 42.2 Å². The van der Waals surface area contributed by atoms with Gasteiger partial charge in [-0.05, 0) is 43.6 Å². The molecule has 194 valence electrons. The summed E-state index contributed by atoms with van der Waals surface area (Å²) in [4.78, 5) is 28.7. The topological polar surface area (TPSA) is 87.0 Å². The van der Waals surface area contributed by atoms with E-state index in [9.17, 15) is 14.7 Å². The number of hydrogen-bond acceptors (Lipinski definition) is 5. The van der Waals surface area contributed by atoms with Crippen LogP contribution in [0.4, 0.5) is 10.1 Å². The molecule has 1 saturated heterocycles. The summed E-state index contributed by atoms with van der Waals surface area (Å²) in [5, 5.41) is 13.5. The summed E-state index contributed by atoms with van der Waals surface area (Å²) in [5.74, 6) is -1.69. The van der Waals surface area contributed by atoms with Crippen LogP contribution in [-0.4, -0.2) is 58.4 Å². The zero-order chi connectivity index (χ0) is 26.3. The van der Waals surface area contributed by atoms with E-state index < -0.39 is 17.2 Å². The number of piperazine rings is 1. The van der Waals surface area contributed by atoms with Gasteiger partial charge < -0.3 is 29.5 Å². The van der Waals surface area contributed by atoms with Gasteiger partial charge in [0.1, 0.15) is 11.3 Å². The number of methoxy groups -OCH3 is 1. The van der Waals surface area contributed by atoms with E-state index in [1.54, 1.807) is 4.57 Å². The van der Waals surface area contributed by atoms with E-state index in [0.29, 0.717) is 36.8 Å². The Morgan fingerprint density at radius 3 is 2.59 bits per heavy atom. The van der Waals surface area contributed by atoms with Crippen molar-refractivity contribution in [1.29, 1.82) is 0 Å². The van der Waals surface area contributed by atoms with Crippen LogP contribution in [0, 0.1) is 5.82 Å². The van der Waals surface area contributed by atoms with E-state index in [-0.39, 0.29) is 34.5 Å². The highest BCUT2D eigenvalue weighted by molar-refractivity contribution is 7.80. The van der Waals surface area contributed by atoms with Crippen molar-refractivity contribution in [2.75, 3.05) is 31.6 Å². The quantitative estimate of drug-likeness (QED) is 0.472. The molecule has 1 aliphatic carbocycles. The van der Waals surface area contributed by atoms with Crippen molar-refractivity contribution in [2.45, 2.75) is 38.4 Å². The predicted molar refractivity (Wildman–Crippen MR) is 144 cm³/mol. The Hall–Kier alpha value is -3.66. The Labute approximate surface area is 219 Å². The highest BCUT2D eigenvalue weighted by atomic mass is 32.1. The van der Waals surface area contributed by atoms with Gasteiger partial charge in [-0.2, -0.15) is 0 Å². The molecule has 10 heteroatoms. The van der Waals surface area contributed by atoms with Crippen LogP contribution in [0.5, 0.6) is 5.75 Å². The molecule has 2 fully saturated rings. The first kappa shape index (κ1) is 25.0. The number of hydrogen-bond donors (Lipinski definition) is 2. The molecule has 0 bridgehead atoms. The van der Waals surface area contributed by atoms with Gasteiger partial charge in [-0.1, -0.05) is 30.3 Å². The lowest BCUT2D eigenvalue weighted by Gasteiger charge is -2.42. The first-order valence-corrected chi connectivity index (χ1v) is 12.7. The van der Waals surface area contributed by atoms with Gasteiger partial charge in [0, 0.05) is 44.5 Å². The Balaban J connectivity index is 1.45. The highest BCUT2D eigenvalue weighted by Gasteiger charge is 2.33. The van der Waals surface area contributed by atoms with Crippen molar-refractivity contribution in [3.05, 3.63) is 69.8 Å². The van der Waals surface area contributed by atoms with Gasteiger partial charge in [0.05, 0.1) is 18.0 Å². The van der Waals surface area contributed by atoms with Gasteiger partial charge in [-0.3, -0.25) is 4.79 Å². The molecule has 2 aromatic carbocycles. The molecular formula is C27H29FN4O4S. The molecule has 37 heavy (non-hydrogen) atoms. The number of nitrogens with one attached hydrogen (secondary N) is 1. The second kappa shape index (κ2) is 10.0. The molecule has 0 spiro atoms. The molecule has 2 heterocycles. The molecule has 0 radical (unpaired) electrons. The maximum atomic E-state index is 15.6. The molecular weight excluding hydrogens is 495 g/mol. The number of benzene rings is 2. The lowest BCUT2D eigenvalue weighted by atomic mass is 10.1. The Bertz CT molecular complexity index is 1420. The molecule has 8 nitrogen and oxygen atoms in total. The van der Waals surface area contributed by atoms with Crippen LogP contribution in [0.2, 0.25) is 0 Å². The van der Waals surface area contributed by atoms with E-state index in [4.69, 9.17) is 17.0 Å². The number of thiocarbonyl (C=S) groups is 1. The lowest BCUT2D eigenvalue weighted by molar-refractivity contribution is 0.0694. The number of carboxylic acid groups (broad SMARTS) is 1. The number of nitrogens with zero attached hydrogens (tertiary/aromatic N) is 3. The molecule has 1 saturated carbocycles. The minimum absolute atomic E-state index is 0.00987. The fraction of sp³-hybridized carbons (Fsp3) is 0.370. The van der Waals surface area contributed by atoms with Gasteiger partial charge in [0.25, 0.3) is 0 Å². The molecule has 2 aliphatic rings. The highest BCUT2D eigenvalue weighted by Crippen LogP contribution is 2.44. The predicted octanol–water partition coefficient (Wildman–Crippen LogP) is 3.77. The molecule has 1 atom stereocenters.